The number of piperidine rings is 1. The van der Waals surface area contributed by atoms with Crippen LogP contribution in [-0.4, -0.2) is 46.4 Å². The highest BCUT2D eigenvalue weighted by molar-refractivity contribution is 6.30. The Kier molecular flexibility index (Phi) is 5.95. The lowest BCUT2D eigenvalue weighted by Crippen LogP contribution is -2.39. The van der Waals surface area contributed by atoms with Crippen LogP contribution in [0.2, 0.25) is 5.02 Å². The van der Waals surface area contributed by atoms with Crippen molar-refractivity contribution in [2.24, 2.45) is 0 Å². The van der Waals surface area contributed by atoms with Crippen LogP contribution in [-0.2, 0) is 0 Å². The van der Waals surface area contributed by atoms with E-state index in [1.165, 1.54) is 0 Å². The van der Waals surface area contributed by atoms with Gasteiger partial charge in [-0.3, -0.25) is 9.78 Å². The molecule has 1 aliphatic rings. The predicted molar refractivity (Wildman–Crippen MR) is 119 cm³/mol. The standard InChI is InChI=1S/C23H24ClN5O/c1-28(2)23-26-15-18(16-8-7-9-17(24)14-16)21(27-23)20-11-4-6-13-29(20)22(30)19-10-3-5-12-25-19/h3,5,7-10,12,14-15,20H,4,6,11,13H2,1-2H3/t20-/m0/s1. The lowest BCUT2D eigenvalue weighted by Gasteiger charge is -2.36. The number of carbonyl (C=O) groups excluding carboxylic acids is 1. The smallest absolute Gasteiger partial charge is 0.273 e. The summed E-state index contributed by atoms with van der Waals surface area (Å²) in [6.07, 6.45) is 6.33. The van der Waals surface area contributed by atoms with E-state index >= 15 is 0 Å². The number of benzene rings is 1. The lowest BCUT2D eigenvalue weighted by atomic mass is 9.93. The Morgan fingerprint density at radius 3 is 2.73 bits per heavy atom. The minimum absolute atomic E-state index is 0.0673. The van der Waals surface area contributed by atoms with Crippen molar-refractivity contribution in [1.82, 2.24) is 19.9 Å². The summed E-state index contributed by atoms with van der Waals surface area (Å²) >= 11 is 6.25. The van der Waals surface area contributed by atoms with Gasteiger partial charge in [0.05, 0.1) is 11.7 Å². The van der Waals surface area contributed by atoms with Crippen molar-refractivity contribution in [2.45, 2.75) is 25.3 Å². The molecule has 7 heteroatoms. The number of carbonyl (C=O) groups is 1. The van der Waals surface area contributed by atoms with Crippen LogP contribution < -0.4 is 4.90 Å². The number of hydrogen-bond donors (Lipinski definition) is 0. The number of rotatable bonds is 4. The van der Waals surface area contributed by atoms with Crippen LogP contribution >= 0.6 is 11.6 Å². The highest BCUT2D eigenvalue weighted by Crippen LogP contribution is 2.37. The lowest BCUT2D eigenvalue weighted by molar-refractivity contribution is 0.0600. The van der Waals surface area contributed by atoms with Gasteiger partial charge in [0.25, 0.3) is 5.91 Å². The molecule has 3 aromatic rings. The van der Waals surface area contributed by atoms with Crippen LogP contribution in [0, 0.1) is 0 Å². The van der Waals surface area contributed by atoms with E-state index in [9.17, 15) is 4.79 Å². The fraction of sp³-hybridized carbons (Fsp3) is 0.304. The zero-order valence-corrected chi connectivity index (χ0v) is 17.9. The molecule has 0 unspecified atom stereocenters. The maximum absolute atomic E-state index is 13.3. The molecule has 0 bridgehead atoms. The largest absolute Gasteiger partial charge is 0.347 e. The first-order valence-corrected chi connectivity index (χ1v) is 10.4. The molecule has 1 atom stereocenters. The minimum atomic E-state index is -0.149. The Balaban J connectivity index is 1.81. The number of hydrogen-bond acceptors (Lipinski definition) is 5. The number of anilines is 1. The van der Waals surface area contributed by atoms with Crippen molar-refractivity contribution in [3.63, 3.8) is 0 Å². The molecule has 0 N–H and O–H groups in total. The van der Waals surface area contributed by atoms with Crippen LogP contribution in [0.4, 0.5) is 5.95 Å². The SMILES string of the molecule is CN(C)c1ncc(-c2cccc(Cl)c2)c([C@@H]2CCCCN2C(=O)c2ccccn2)n1. The molecular formula is C23H24ClN5O. The van der Waals surface area contributed by atoms with E-state index < -0.39 is 0 Å². The molecule has 0 saturated carbocycles. The number of pyridine rings is 1. The Hall–Kier alpha value is -2.99. The quantitative estimate of drug-likeness (QED) is 0.614. The molecule has 1 aromatic carbocycles. The summed E-state index contributed by atoms with van der Waals surface area (Å²) in [5, 5.41) is 0.653. The highest BCUT2D eigenvalue weighted by atomic mass is 35.5. The second-order valence-corrected chi connectivity index (χ2v) is 8.04. The predicted octanol–water partition coefficient (Wildman–Crippen LogP) is 4.63. The van der Waals surface area contributed by atoms with Crippen LogP contribution in [0.25, 0.3) is 11.1 Å². The van der Waals surface area contributed by atoms with Gasteiger partial charge >= 0.3 is 0 Å². The van der Waals surface area contributed by atoms with Gasteiger partial charge in [0.2, 0.25) is 5.95 Å². The molecule has 30 heavy (non-hydrogen) atoms. The third kappa shape index (κ3) is 4.14. The molecule has 1 fully saturated rings. The van der Waals surface area contributed by atoms with Crippen molar-refractivity contribution >= 4 is 23.5 Å². The van der Waals surface area contributed by atoms with Crippen molar-refractivity contribution < 1.29 is 4.79 Å². The Morgan fingerprint density at radius 1 is 1.13 bits per heavy atom. The Labute approximate surface area is 181 Å². The summed E-state index contributed by atoms with van der Waals surface area (Å²) in [5.74, 6) is 0.550. The topological polar surface area (TPSA) is 62.2 Å². The van der Waals surface area contributed by atoms with Crippen LogP contribution in [0.15, 0.2) is 54.9 Å². The van der Waals surface area contributed by atoms with E-state index in [4.69, 9.17) is 16.6 Å². The summed E-state index contributed by atoms with van der Waals surface area (Å²) in [7, 11) is 3.83. The normalized spacial score (nSPS) is 16.4. The van der Waals surface area contributed by atoms with E-state index in [1.807, 2.05) is 66.5 Å². The second kappa shape index (κ2) is 8.79. The fourth-order valence-corrected chi connectivity index (χ4v) is 4.02. The molecule has 0 spiro atoms. The summed E-state index contributed by atoms with van der Waals surface area (Å²) in [5.41, 5.74) is 3.14. The number of halogens is 1. The maximum atomic E-state index is 13.3. The fourth-order valence-electron chi connectivity index (χ4n) is 3.83. The van der Waals surface area contributed by atoms with Crippen LogP contribution in [0.3, 0.4) is 0 Å². The third-order valence-electron chi connectivity index (χ3n) is 5.30. The zero-order valence-electron chi connectivity index (χ0n) is 17.1. The van der Waals surface area contributed by atoms with Crippen molar-refractivity contribution in [3.05, 3.63) is 71.3 Å². The van der Waals surface area contributed by atoms with E-state index in [-0.39, 0.29) is 11.9 Å². The first-order valence-electron chi connectivity index (χ1n) is 10.1. The molecular weight excluding hydrogens is 398 g/mol. The third-order valence-corrected chi connectivity index (χ3v) is 5.54. The number of likely N-dealkylation sites (tertiary alicyclic amines) is 1. The Bertz CT molecular complexity index is 1040. The first-order chi connectivity index (χ1) is 14.5. The van der Waals surface area contributed by atoms with E-state index in [2.05, 4.69) is 9.97 Å². The number of aromatic nitrogens is 3. The molecule has 0 aliphatic carbocycles. The van der Waals surface area contributed by atoms with Crippen molar-refractivity contribution in [3.8, 4) is 11.1 Å². The van der Waals surface area contributed by atoms with Gasteiger partial charge in [-0.15, -0.1) is 0 Å². The molecule has 1 amide bonds. The van der Waals surface area contributed by atoms with Gasteiger partial charge in [-0.2, -0.15) is 0 Å². The first kappa shape index (κ1) is 20.3. The van der Waals surface area contributed by atoms with Crippen molar-refractivity contribution in [1.29, 1.82) is 0 Å². The second-order valence-electron chi connectivity index (χ2n) is 7.60. The summed E-state index contributed by atoms with van der Waals surface area (Å²) in [6.45, 7) is 0.677. The molecule has 1 aliphatic heterocycles. The number of nitrogens with zero attached hydrogens (tertiary/aromatic N) is 5. The molecule has 3 heterocycles. The van der Waals surface area contributed by atoms with Gasteiger partial charge in [-0.25, -0.2) is 9.97 Å². The van der Waals surface area contributed by atoms with Crippen LogP contribution in [0.1, 0.15) is 41.5 Å². The van der Waals surface area contributed by atoms with Crippen LogP contribution in [0.5, 0.6) is 0 Å². The van der Waals surface area contributed by atoms with Gasteiger partial charge in [-0.05, 0) is 49.1 Å². The van der Waals surface area contributed by atoms with Gasteiger partial charge in [-0.1, -0.05) is 29.8 Å². The summed E-state index contributed by atoms with van der Waals surface area (Å²) in [6, 6.07) is 12.9. The van der Waals surface area contributed by atoms with E-state index in [1.54, 1.807) is 12.3 Å². The van der Waals surface area contributed by atoms with E-state index in [0.717, 1.165) is 36.1 Å². The van der Waals surface area contributed by atoms with Gasteiger partial charge in [0, 0.05) is 43.6 Å². The average molecular weight is 422 g/mol. The molecule has 6 nitrogen and oxygen atoms in total. The number of amides is 1. The molecule has 2 aromatic heterocycles. The van der Waals surface area contributed by atoms with Gasteiger partial charge < -0.3 is 9.80 Å². The minimum Gasteiger partial charge on any atom is -0.347 e. The van der Waals surface area contributed by atoms with Crippen molar-refractivity contribution in [2.75, 3.05) is 25.5 Å². The zero-order chi connectivity index (χ0) is 21.1. The van der Waals surface area contributed by atoms with Gasteiger partial charge in [0.1, 0.15) is 5.69 Å². The molecule has 0 radical (unpaired) electrons. The summed E-state index contributed by atoms with van der Waals surface area (Å²) in [4.78, 5) is 30.8. The molecule has 4 rings (SSSR count). The Morgan fingerprint density at radius 2 is 2.00 bits per heavy atom. The average Bonchev–Trinajstić information content (AvgIpc) is 2.78. The highest BCUT2D eigenvalue weighted by Gasteiger charge is 2.32. The van der Waals surface area contributed by atoms with E-state index in [0.29, 0.717) is 23.2 Å². The maximum Gasteiger partial charge on any atom is 0.273 e. The monoisotopic (exact) mass is 421 g/mol. The molecule has 154 valence electrons. The molecule has 1 saturated heterocycles. The summed E-state index contributed by atoms with van der Waals surface area (Å²) < 4.78 is 0. The van der Waals surface area contributed by atoms with Gasteiger partial charge in [0.15, 0.2) is 0 Å².